The first-order chi connectivity index (χ1) is 10.0. The van der Waals surface area contributed by atoms with Crippen LogP contribution in [-0.2, 0) is 6.54 Å². The number of hydrogen-bond acceptors (Lipinski definition) is 2. The van der Waals surface area contributed by atoms with Crippen molar-refractivity contribution in [2.75, 3.05) is 6.61 Å². The molecule has 0 amide bonds. The molecule has 0 unspecified atom stereocenters. The highest BCUT2D eigenvalue weighted by Gasteiger charge is 2.09. The molecule has 0 aliphatic heterocycles. The summed E-state index contributed by atoms with van der Waals surface area (Å²) >= 11 is 0. The van der Waals surface area contributed by atoms with E-state index in [2.05, 4.69) is 32.0 Å². The second-order valence-corrected chi connectivity index (χ2v) is 5.65. The largest absolute Gasteiger partial charge is 0.492 e. The van der Waals surface area contributed by atoms with Gasteiger partial charge < -0.3 is 9.30 Å². The lowest BCUT2D eigenvalue weighted by molar-refractivity contribution is 0.297. The number of aryl methyl sites for hydroxylation is 2. The Labute approximate surface area is 126 Å². The summed E-state index contributed by atoms with van der Waals surface area (Å²) < 4.78 is 7.79. The van der Waals surface area contributed by atoms with E-state index in [9.17, 15) is 5.26 Å². The van der Waals surface area contributed by atoms with Crippen LogP contribution in [0.15, 0.2) is 30.3 Å². The number of aromatic nitrogens is 1. The highest BCUT2D eigenvalue weighted by molar-refractivity contribution is 5.35. The van der Waals surface area contributed by atoms with E-state index in [1.165, 1.54) is 5.56 Å². The second kappa shape index (κ2) is 6.49. The molecule has 0 radical (unpaired) electrons. The van der Waals surface area contributed by atoms with Crippen molar-refractivity contribution in [2.24, 2.45) is 0 Å². The average Bonchev–Trinajstić information content (AvgIpc) is 2.73. The van der Waals surface area contributed by atoms with Gasteiger partial charge in [-0.15, -0.1) is 0 Å². The van der Waals surface area contributed by atoms with Crippen LogP contribution in [0.3, 0.4) is 0 Å². The fourth-order valence-corrected chi connectivity index (χ4v) is 2.49. The minimum atomic E-state index is 0.530. The molecule has 1 aromatic heterocycles. The Morgan fingerprint density at radius 3 is 2.43 bits per heavy atom. The third-order valence-corrected chi connectivity index (χ3v) is 3.73. The van der Waals surface area contributed by atoms with Crippen LogP contribution in [0, 0.1) is 25.2 Å². The number of nitrogens with zero attached hydrogens (tertiary/aromatic N) is 2. The molecule has 0 fully saturated rings. The van der Waals surface area contributed by atoms with E-state index in [0.29, 0.717) is 19.1 Å². The Balaban J connectivity index is 1.97. The molecular weight excluding hydrogens is 260 g/mol. The Kier molecular flexibility index (Phi) is 4.70. The maximum absolute atomic E-state index is 9.20. The zero-order valence-corrected chi connectivity index (χ0v) is 13.2. The summed E-state index contributed by atoms with van der Waals surface area (Å²) in [6.07, 6.45) is 0. The van der Waals surface area contributed by atoms with E-state index >= 15 is 0 Å². The number of ether oxygens (including phenoxy) is 1. The first-order valence-electron chi connectivity index (χ1n) is 7.32. The van der Waals surface area contributed by atoms with Crippen LogP contribution in [0.25, 0.3) is 0 Å². The van der Waals surface area contributed by atoms with Gasteiger partial charge in [-0.25, -0.2) is 0 Å². The maximum Gasteiger partial charge on any atom is 0.123 e. The van der Waals surface area contributed by atoms with Gasteiger partial charge in [0, 0.05) is 5.69 Å². The van der Waals surface area contributed by atoms with Gasteiger partial charge in [0.05, 0.1) is 6.54 Å². The molecule has 2 rings (SSSR count). The summed E-state index contributed by atoms with van der Waals surface area (Å²) in [5.74, 6) is 1.40. The quantitative estimate of drug-likeness (QED) is 0.825. The van der Waals surface area contributed by atoms with Crippen LogP contribution in [-0.4, -0.2) is 11.2 Å². The molecule has 0 aliphatic carbocycles. The molecule has 0 N–H and O–H groups in total. The van der Waals surface area contributed by atoms with Crippen LogP contribution in [0.2, 0.25) is 0 Å². The molecule has 3 heteroatoms. The minimum Gasteiger partial charge on any atom is -0.492 e. The zero-order chi connectivity index (χ0) is 15.4. The van der Waals surface area contributed by atoms with Gasteiger partial charge in [0.15, 0.2) is 0 Å². The molecule has 0 saturated carbocycles. The molecule has 2 aromatic rings. The lowest BCUT2D eigenvalue weighted by Crippen LogP contribution is -2.11. The lowest BCUT2D eigenvalue weighted by atomic mass is 10.0. The first-order valence-corrected chi connectivity index (χ1v) is 7.32. The van der Waals surface area contributed by atoms with E-state index in [4.69, 9.17) is 4.74 Å². The molecule has 1 aromatic carbocycles. The summed E-state index contributed by atoms with van der Waals surface area (Å²) in [4.78, 5) is 0. The Hall–Kier alpha value is -2.21. The Bertz CT molecular complexity index is 645. The van der Waals surface area contributed by atoms with Gasteiger partial charge in [0.25, 0.3) is 0 Å². The standard InChI is InChI=1S/C18H22N2O/c1-13(2)16-5-7-17(8-6-16)21-10-9-20-15(4)11-14(3)18(20)12-19/h5-8,11,13H,9-10H2,1-4H3. The van der Waals surface area contributed by atoms with Crippen molar-refractivity contribution in [1.82, 2.24) is 4.57 Å². The van der Waals surface area contributed by atoms with Crippen molar-refractivity contribution >= 4 is 0 Å². The highest BCUT2D eigenvalue weighted by atomic mass is 16.5. The van der Waals surface area contributed by atoms with Gasteiger partial charge >= 0.3 is 0 Å². The van der Waals surface area contributed by atoms with Crippen molar-refractivity contribution < 1.29 is 4.74 Å². The molecule has 0 bridgehead atoms. The van der Waals surface area contributed by atoms with Gasteiger partial charge in [0.2, 0.25) is 0 Å². The van der Waals surface area contributed by atoms with Crippen molar-refractivity contribution in [3.63, 3.8) is 0 Å². The first kappa shape index (κ1) is 15.2. The van der Waals surface area contributed by atoms with Gasteiger partial charge in [0.1, 0.15) is 24.1 Å². The van der Waals surface area contributed by atoms with Crippen molar-refractivity contribution in [2.45, 2.75) is 40.2 Å². The molecule has 1 heterocycles. The Morgan fingerprint density at radius 2 is 1.86 bits per heavy atom. The van der Waals surface area contributed by atoms with E-state index in [-0.39, 0.29) is 0 Å². The number of hydrogen-bond donors (Lipinski definition) is 0. The molecule has 0 aliphatic rings. The van der Waals surface area contributed by atoms with E-state index < -0.39 is 0 Å². The summed E-state index contributed by atoms with van der Waals surface area (Å²) in [6.45, 7) is 9.59. The van der Waals surface area contributed by atoms with Crippen molar-refractivity contribution in [3.05, 3.63) is 52.8 Å². The average molecular weight is 282 g/mol. The molecule has 0 atom stereocenters. The summed E-state index contributed by atoms with van der Waals surface area (Å²) in [7, 11) is 0. The lowest BCUT2D eigenvalue weighted by Gasteiger charge is -2.11. The van der Waals surface area contributed by atoms with Crippen LogP contribution in [0.1, 0.15) is 42.3 Å². The molecule has 0 saturated heterocycles. The highest BCUT2D eigenvalue weighted by Crippen LogP contribution is 2.19. The number of rotatable bonds is 5. The number of nitriles is 1. The maximum atomic E-state index is 9.20. The van der Waals surface area contributed by atoms with E-state index in [1.54, 1.807) is 0 Å². The van der Waals surface area contributed by atoms with E-state index in [0.717, 1.165) is 22.7 Å². The van der Waals surface area contributed by atoms with Crippen LogP contribution in [0.4, 0.5) is 0 Å². The zero-order valence-electron chi connectivity index (χ0n) is 13.2. The van der Waals surface area contributed by atoms with Crippen LogP contribution < -0.4 is 4.74 Å². The number of benzene rings is 1. The topological polar surface area (TPSA) is 38.0 Å². The molecular formula is C18H22N2O. The third-order valence-electron chi connectivity index (χ3n) is 3.73. The summed E-state index contributed by atoms with van der Waals surface area (Å²) in [5.41, 5.74) is 4.16. The fourth-order valence-electron chi connectivity index (χ4n) is 2.49. The van der Waals surface area contributed by atoms with Gasteiger partial charge in [-0.05, 0) is 49.1 Å². The molecule has 21 heavy (non-hydrogen) atoms. The van der Waals surface area contributed by atoms with Crippen LogP contribution >= 0.6 is 0 Å². The molecule has 110 valence electrons. The van der Waals surface area contributed by atoms with E-state index in [1.807, 2.05) is 36.6 Å². The Morgan fingerprint density at radius 1 is 1.19 bits per heavy atom. The van der Waals surface area contributed by atoms with Crippen molar-refractivity contribution in [1.29, 1.82) is 5.26 Å². The van der Waals surface area contributed by atoms with Gasteiger partial charge in [-0.3, -0.25) is 0 Å². The molecule has 3 nitrogen and oxygen atoms in total. The smallest absolute Gasteiger partial charge is 0.123 e. The normalized spacial score (nSPS) is 10.7. The monoisotopic (exact) mass is 282 g/mol. The third kappa shape index (κ3) is 3.46. The van der Waals surface area contributed by atoms with Gasteiger partial charge in [-0.1, -0.05) is 26.0 Å². The van der Waals surface area contributed by atoms with Crippen molar-refractivity contribution in [3.8, 4) is 11.8 Å². The van der Waals surface area contributed by atoms with Gasteiger partial charge in [-0.2, -0.15) is 5.26 Å². The minimum absolute atomic E-state index is 0.530. The van der Waals surface area contributed by atoms with Crippen LogP contribution in [0.5, 0.6) is 5.75 Å². The SMILES string of the molecule is Cc1cc(C)n(CCOc2ccc(C(C)C)cc2)c1C#N. The predicted octanol–water partition coefficient (Wildman–Crippen LogP) is 4.18. The summed E-state index contributed by atoms with van der Waals surface area (Å²) in [5, 5.41) is 9.20. The fraction of sp³-hybridized carbons (Fsp3) is 0.389. The molecule has 0 spiro atoms. The predicted molar refractivity (Wildman–Crippen MR) is 84.6 cm³/mol. The summed E-state index contributed by atoms with van der Waals surface area (Å²) in [6, 6.07) is 12.5. The second-order valence-electron chi connectivity index (χ2n) is 5.65.